The van der Waals surface area contributed by atoms with Gasteiger partial charge in [0.05, 0.1) is 30.1 Å². The van der Waals surface area contributed by atoms with Crippen LogP contribution in [0.25, 0.3) is 33.4 Å². The third kappa shape index (κ3) is 4.85. The second-order valence-corrected chi connectivity index (χ2v) is 11.1. The quantitative estimate of drug-likeness (QED) is 0.280. The van der Waals surface area contributed by atoms with Crippen LogP contribution in [-0.2, 0) is 17.8 Å². The molecule has 1 N–H and O–H groups in total. The van der Waals surface area contributed by atoms with Gasteiger partial charge in [-0.2, -0.15) is 10.3 Å². The molecular weight excluding hydrogens is 514 g/mol. The molecule has 3 aromatic carbocycles. The Hall–Kier alpha value is -4.21. The van der Waals surface area contributed by atoms with Crippen LogP contribution in [-0.4, -0.2) is 48.4 Å². The maximum atomic E-state index is 14.1. The summed E-state index contributed by atoms with van der Waals surface area (Å²) < 4.78 is 1.87. The summed E-state index contributed by atoms with van der Waals surface area (Å²) in [5.41, 5.74) is 5.98. The molecule has 9 nitrogen and oxygen atoms in total. The number of piperidine rings is 1. The molecule has 41 heavy (non-hydrogen) atoms. The second kappa shape index (κ2) is 11.0. The van der Waals surface area contributed by atoms with Gasteiger partial charge in [0.15, 0.2) is 0 Å². The third-order valence-corrected chi connectivity index (χ3v) is 8.44. The van der Waals surface area contributed by atoms with Crippen LogP contribution in [0.3, 0.4) is 0 Å². The van der Waals surface area contributed by atoms with E-state index in [1.807, 2.05) is 28.8 Å². The molecule has 2 fully saturated rings. The van der Waals surface area contributed by atoms with Crippen molar-refractivity contribution in [2.75, 3.05) is 13.2 Å². The number of fused-ring (bicyclic) bond motifs is 3. The first-order valence-corrected chi connectivity index (χ1v) is 14.5. The summed E-state index contributed by atoms with van der Waals surface area (Å²) >= 11 is 0. The first-order chi connectivity index (χ1) is 20.2. The zero-order chi connectivity index (χ0) is 27.8. The SMILES string of the molecule is CCCCc1nc2ccc(C3C4CCCN3OC4)cc2c(=O)n1Cc1ccc(-c2ccccc2-c2nn[nH]n2)cc1. The molecule has 5 aromatic rings. The maximum absolute atomic E-state index is 14.1. The summed E-state index contributed by atoms with van der Waals surface area (Å²) in [4.78, 5) is 25.0. The Labute approximate surface area is 238 Å². The number of benzene rings is 3. The number of H-pyrrole nitrogens is 1. The maximum Gasteiger partial charge on any atom is 0.261 e. The summed E-state index contributed by atoms with van der Waals surface area (Å²) in [6, 6.07) is 22.8. The van der Waals surface area contributed by atoms with Crippen LogP contribution in [0.2, 0.25) is 0 Å². The Kier molecular flexibility index (Phi) is 6.90. The summed E-state index contributed by atoms with van der Waals surface area (Å²) in [5, 5.41) is 17.4. The van der Waals surface area contributed by atoms with Gasteiger partial charge in [0.25, 0.3) is 5.56 Å². The van der Waals surface area contributed by atoms with Gasteiger partial charge < -0.3 is 0 Å². The molecule has 0 aliphatic carbocycles. The molecule has 3 atom stereocenters. The fourth-order valence-corrected chi connectivity index (χ4v) is 6.33. The van der Waals surface area contributed by atoms with E-state index in [2.05, 4.69) is 75.1 Å². The van der Waals surface area contributed by atoms with Crippen molar-refractivity contribution in [2.45, 2.75) is 51.6 Å². The van der Waals surface area contributed by atoms with E-state index in [4.69, 9.17) is 9.82 Å². The van der Waals surface area contributed by atoms with Crippen LogP contribution in [0.1, 0.15) is 55.6 Å². The predicted octanol–water partition coefficient (Wildman–Crippen LogP) is 5.33. The molecule has 0 saturated carbocycles. The van der Waals surface area contributed by atoms with E-state index < -0.39 is 0 Å². The Bertz CT molecular complexity index is 1710. The first-order valence-electron chi connectivity index (χ1n) is 14.5. The van der Waals surface area contributed by atoms with Crippen LogP contribution < -0.4 is 5.56 Å². The van der Waals surface area contributed by atoms with Crippen molar-refractivity contribution in [1.82, 2.24) is 35.2 Å². The minimum Gasteiger partial charge on any atom is -0.298 e. The lowest BCUT2D eigenvalue weighted by Gasteiger charge is -2.30. The van der Waals surface area contributed by atoms with Crippen molar-refractivity contribution in [2.24, 2.45) is 5.92 Å². The van der Waals surface area contributed by atoms with Crippen molar-refractivity contribution in [3.63, 3.8) is 0 Å². The molecule has 3 unspecified atom stereocenters. The molecule has 4 heterocycles. The number of hydrogen-bond acceptors (Lipinski definition) is 7. The topological polar surface area (TPSA) is 102 Å². The summed E-state index contributed by atoms with van der Waals surface area (Å²) in [6.45, 7) is 4.33. The lowest BCUT2D eigenvalue weighted by Crippen LogP contribution is -2.30. The van der Waals surface area contributed by atoms with E-state index in [-0.39, 0.29) is 11.6 Å². The van der Waals surface area contributed by atoms with Crippen molar-refractivity contribution in [3.8, 4) is 22.5 Å². The van der Waals surface area contributed by atoms with E-state index in [9.17, 15) is 4.79 Å². The fourth-order valence-electron chi connectivity index (χ4n) is 6.33. The molecule has 0 spiro atoms. The number of aromatic nitrogens is 6. The number of aryl methyl sites for hydroxylation is 1. The molecule has 7 rings (SSSR count). The molecule has 2 aliphatic rings. The van der Waals surface area contributed by atoms with E-state index in [1.54, 1.807) is 0 Å². The van der Waals surface area contributed by atoms with Gasteiger partial charge >= 0.3 is 0 Å². The summed E-state index contributed by atoms with van der Waals surface area (Å²) in [7, 11) is 0. The normalized spacial score (nSPS) is 20.1. The van der Waals surface area contributed by atoms with Crippen LogP contribution >= 0.6 is 0 Å². The molecular formula is C32H33N7O2. The first kappa shape index (κ1) is 25.7. The van der Waals surface area contributed by atoms with Crippen molar-refractivity contribution < 1.29 is 4.84 Å². The highest BCUT2D eigenvalue weighted by atomic mass is 16.7. The lowest BCUT2D eigenvalue weighted by atomic mass is 9.87. The standard InChI is InChI=1S/C32H33N7O2/c1-2-3-10-29-33-28-16-15-23(30-24-7-6-17-39(30)41-20-24)18-27(28)32(40)38(29)19-21-11-13-22(14-12-21)25-8-4-5-9-26(25)31-34-36-37-35-31/h4-5,8-9,11-16,18,24,30H,2-3,6-7,10,17,19-20H2,1H3,(H,34,35,36,37). The minimum atomic E-state index is 0.0218. The van der Waals surface area contributed by atoms with Crippen LogP contribution in [0.5, 0.6) is 0 Å². The largest absolute Gasteiger partial charge is 0.298 e. The van der Waals surface area contributed by atoms with Gasteiger partial charge in [-0.3, -0.25) is 14.2 Å². The van der Waals surface area contributed by atoms with Gasteiger partial charge in [0.1, 0.15) is 5.82 Å². The third-order valence-electron chi connectivity index (χ3n) is 8.44. The molecule has 9 heteroatoms. The minimum absolute atomic E-state index is 0.0218. The zero-order valence-electron chi connectivity index (χ0n) is 23.2. The zero-order valence-corrected chi connectivity index (χ0v) is 23.2. The number of hydrogen-bond donors (Lipinski definition) is 1. The van der Waals surface area contributed by atoms with Gasteiger partial charge in [-0.05, 0) is 58.9 Å². The average Bonchev–Trinajstić information content (AvgIpc) is 3.64. The Morgan fingerprint density at radius 2 is 1.90 bits per heavy atom. The molecule has 2 aromatic heterocycles. The lowest BCUT2D eigenvalue weighted by molar-refractivity contribution is -0.134. The highest BCUT2D eigenvalue weighted by Crippen LogP contribution is 2.41. The molecule has 2 saturated heterocycles. The van der Waals surface area contributed by atoms with Gasteiger partial charge in [0.2, 0.25) is 5.82 Å². The molecule has 208 valence electrons. The van der Waals surface area contributed by atoms with E-state index >= 15 is 0 Å². The van der Waals surface area contributed by atoms with Crippen molar-refractivity contribution in [1.29, 1.82) is 0 Å². The number of aromatic amines is 1. The Morgan fingerprint density at radius 3 is 2.68 bits per heavy atom. The van der Waals surface area contributed by atoms with E-state index in [1.165, 1.54) is 0 Å². The van der Waals surface area contributed by atoms with E-state index in [0.29, 0.717) is 23.7 Å². The predicted molar refractivity (Wildman–Crippen MR) is 157 cm³/mol. The van der Waals surface area contributed by atoms with Gasteiger partial charge in [-0.15, -0.1) is 10.2 Å². The Balaban J connectivity index is 1.23. The van der Waals surface area contributed by atoms with Crippen molar-refractivity contribution >= 4 is 10.9 Å². The highest BCUT2D eigenvalue weighted by molar-refractivity contribution is 5.80. The second-order valence-electron chi connectivity index (χ2n) is 11.1. The molecule has 2 aliphatic heterocycles. The number of hydroxylamine groups is 2. The molecule has 2 bridgehead atoms. The number of nitrogens with one attached hydrogen (secondary N) is 1. The van der Waals surface area contributed by atoms with E-state index in [0.717, 1.165) is 84.4 Å². The van der Waals surface area contributed by atoms with Gasteiger partial charge in [-0.1, -0.05) is 67.9 Å². The smallest absolute Gasteiger partial charge is 0.261 e. The number of tetrazole rings is 1. The molecule has 0 amide bonds. The van der Waals surface area contributed by atoms with Gasteiger partial charge in [0, 0.05) is 24.4 Å². The van der Waals surface area contributed by atoms with Crippen LogP contribution in [0.15, 0.2) is 71.5 Å². The molecule has 0 radical (unpaired) electrons. The number of unbranched alkanes of at least 4 members (excludes halogenated alkanes) is 1. The van der Waals surface area contributed by atoms with Gasteiger partial charge in [-0.25, -0.2) is 4.98 Å². The average molecular weight is 548 g/mol. The monoisotopic (exact) mass is 547 g/mol. The number of nitrogens with zero attached hydrogens (tertiary/aromatic N) is 6. The fraction of sp³-hybridized carbons (Fsp3) is 0.344. The highest BCUT2D eigenvalue weighted by Gasteiger charge is 2.39. The van der Waals surface area contributed by atoms with Crippen molar-refractivity contribution in [3.05, 3.63) is 94.0 Å². The Morgan fingerprint density at radius 1 is 1.05 bits per heavy atom. The summed E-state index contributed by atoms with van der Waals surface area (Å²) in [6.07, 6.45) is 5.11. The van der Waals surface area contributed by atoms with Crippen LogP contribution in [0, 0.1) is 5.92 Å². The number of rotatable bonds is 8. The summed E-state index contributed by atoms with van der Waals surface area (Å²) in [5.74, 6) is 1.88. The van der Waals surface area contributed by atoms with Crippen LogP contribution in [0.4, 0.5) is 0 Å².